The van der Waals surface area contributed by atoms with Crippen LogP contribution in [-0.4, -0.2) is 123 Å². The van der Waals surface area contributed by atoms with E-state index in [4.69, 9.17) is 9.72 Å². The van der Waals surface area contributed by atoms with Crippen LogP contribution in [0.2, 0.25) is 0 Å². The van der Waals surface area contributed by atoms with Gasteiger partial charge < -0.3 is 34.6 Å². The number of hydrogen-bond acceptors (Lipinski definition) is 13. The highest BCUT2D eigenvalue weighted by Gasteiger charge is 2.34. The highest BCUT2D eigenvalue weighted by molar-refractivity contribution is 9.10. The number of likely N-dealkylation sites (tertiary alicyclic amines) is 2. The number of aromatic nitrogens is 6. The molecule has 2 amide bonds. The number of fused-ring (bicyclic) bond motifs is 1. The van der Waals surface area contributed by atoms with Crippen LogP contribution in [0.25, 0.3) is 33.3 Å². The highest BCUT2D eigenvalue weighted by atomic mass is 79.9. The molecule has 0 bridgehead atoms. The number of carbonyl (C=O) groups is 2. The fourth-order valence-electron chi connectivity index (χ4n) is 12.2. The molecular weight excluding hydrogens is 1070 g/mol. The van der Waals surface area contributed by atoms with Gasteiger partial charge >= 0.3 is 5.69 Å². The van der Waals surface area contributed by atoms with Gasteiger partial charge in [0.1, 0.15) is 30.6 Å². The van der Waals surface area contributed by atoms with Gasteiger partial charge in [-0.3, -0.25) is 28.7 Å². The molecular formula is C58H67BrFN12O5P. The molecule has 4 aliphatic heterocycles. The van der Waals surface area contributed by atoms with Gasteiger partial charge in [-0.15, -0.1) is 0 Å². The average Bonchev–Trinajstić information content (AvgIpc) is 4.08. The Balaban J connectivity index is 0.709. The zero-order valence-electron chi connectivity index (χ0n) is 44.8. The number of piperidine rings is 4. The van der Waals surface area contributed by atoms with Crippen LogP contribution in [0.5, 0.6) is 5.75 Å². The molecule has 3 aromatic heterocycles. The number of halogens is 2. The second-order valence-corrected chi connectivity index (χ2v) is 25.9. The Labute approximate surface area is 462 Å². The third-order valence-corrected chi connectivity index (χ3v) is 18.6. The lowest BCUT2D eigenvalue weighted by Crippen LogP contribution is -2.49. The molecule has 3 N–H and O–H groups in total. The van der Waals surface area contributed by atoms with Crippen LogP contribution in [0.4, 0.5) is 33.2 Å². The summed E-state index contributed by atoms with van der Waals surface area (Å²) in [6.45, 7) is 10.7. The Hall–Kier alpha value is -6.66. The molecule has 1 atom stereocenters. The van der Waals surface area contributed by atoms with Crippen molar-refractivity contribution in [1.82, 2.24) is 44.0 Å². The van der Waals surface area contributed by atoms with Crippen molar-refractivity contribution in [3.05, 3.63) is 118 Å². The van der Waals surface area contributed by atoms with Crippen molar-refractivity contribution in [2.75, 3.05) is 81.8 Å². The van der Waals surface area contributed by atoms with Gasteiger partial charge in [-0.1, -0.05) is 30.3 Å². The van der Waals surface area contributed by atoms with E-state index in [2.05, 4.69) is 80.9 Å². The van der Waals surface area contributed by atoms with E-state index < -0.39 is 19.1 Å². The fraction of sp³-hybridized carbons (Fsp3) is 0.414. The molecule has 7 heterocycles. The third-order valence-electron chi connectivity index (χ3n) is 16.5. The van der Waals surface area contributed by atoms with Gasteiger partial charge in [0.05, 0.1) is 40.2 Å². The summed E-state index contributed by atoms with van der Waals surface area (Å²) in [5.41, 5.74) is 7.99. The van der Waals surface area contributed by atoms with Crippen LogP contribution in [-0.2, 0) is 28.2 Å². The van der Waals surface area contributed by atoms with Crippen LogP contribution in [0.3, 0.4) is 0 Å². The maximum Gasteiger partial charge on any atom is 0.329 e. The number of aryl methyl sites for hydroxylation is 2. The molecule has 408 valence electrons. The number of nitrogens with zero attached hydrogens (tertiary/aromatic N) is 9. The number of ether oxygens (including phenoxy) is 1. The zero-order chi connectivity index (χ0) is 54.4. The number of amides is 2. The summed E-state index contributed by atoms with van der Waals surface area (Å²) in [7, 11) is 2.51. The van der Waals surface area contributed by atoms with Gasteiger partial charge in [0.25, 0.3) is 0 Å². The van der Waals surface area contributed by atoms with E-state index in [1.807, 2.05) is 42.3 Å². The summed E-state index contributed by atoms with van der Waals surface area (Å²) in [5, 5.41) is 14.3. The van der Waals surface area contributed by atoms with Gasteiger partial charge in [0.2, 0.25) is 17.8 Å². The number of benzene rings is 4. The number of imide groups is 1. The van der Waals surface area contributed by atoms with Crippen molar-refractivity contribution in [3.8, 4) is 28.0 Å². The van der Waals surface area contributed by atoms with E-state index in [9.17, 15) is 23.3 Å². The van der Waals surface area contributed by atoms with E-state index >= 15 is 0 Å². The molecule has 0 saturated carbocycles. The number of carbonyl (C=O) groups excluding carboxylic acids is 2. The Morgan fingerprint density at radius 3 is 2.28 bits per heavy atom. The fourth-order valence-corrected chi connectivity index (χ4v) is 13.7. The normalized spacial score (nSPS) is 18.7. The lowest BCUT2D eigenvalue weighted by molar-refractivity contribution is -0.135. The number of anilines is 5. The first-order valence-electron chi connectivity index (χ1n) is 27.1. The smallest absolute Gasteiger partial charge is 0.329 e. The number of imidazole rings is 1. The summed E-state index contributed by atoms with van der Waals surface area (Å²) < 4.78 is 40.2. The van der Waals surface area contributed by atoms with Gasteiger partial charge in [-0.05, 0) is 160 Å². The lowest BCUT2D eigenvalue weighted by Gasteiger charge is -2.43. The van der Waals surface area contributed by atoms with Crippen molar-refractivity contribution in [1.29, 1.82) is 0 Å². The molecule has 20 heteroatoms. The Morgan fingerprint density at radius 2 is 1.58 bits per heavy atom. The molecule has 4 aliphatic rings. The van der Waals surface area contributed by atoms with Crippen molar-refractivity contribution >= 4 is 80.1 Å². The predicted octanol–water partition coefficient (Wildman–Crippen LogP) is 9.38. The van der Waals surface area contributed by atoms with E-state index in [0.29, 0.717) is 74.1 Å². The van der Waals surface area contributed by atoms with Crippen molar-refractivity contribution in [2.24, 2.45) is 20.0 Å². The lowest BCUT2D eigenvalue weighted by atomic mass is 9.87. The summed E-state index contributed by atoms with van der Waals surface area (Å²) in [5.74, 6) is 1.46. The summed E-state index contributed by atoms with van der Waals surface area (Å²) in [4.78, 5) is 55.2. The highest BCUT2D eigenvalue weighted by Crippen LogP contribution is 2.44. The van der Waals surface area contributed by atoms with Crippen molar-refractivity contribution < 1.29 is 23.3 Å². The molecule has 0 radical (unpaired) electrons. The van der Waals surface area contributed by atoms with E-state index in [1.165, 1.54) is 24.5 Å². The first-order valence-corrected chi connectivity index (χ1v) is 30.5. The van der Waals surface area contributed by atoms with Crippen LogP contribution in [0.1, 0.15) is 68.9 Å². The van der Waals surface area contributed by atoms with Gasteiger partial charge in [0, 0.05) is 92.3 Å². The quantitative estimate of drug-likeness (QED) is 0.0694. The molecule has 78 heavy (non-hydrogen) atoms. The average molecular weight is 1140 g/mol. The molecule has 11 rings (SSSR count). The SMILES string of the molecule is COc1cc(N2CCC(N3CCC(CN4CCC(c5ccc6c(c5)n(C)c(=O)n6C5CCC(=O)NC5=O)CC4)CC3)CC2)c(-c2cnn(C)c2)cc1Nc1ncc(Br)c(Nc2ccc(-c3ccccc3F)cc2P(C)(C)=O)n1. The molecule has 4 saturated heterocycles. The van der Waals surface area contributed by atoms with Crippen LogP contribution < -0.4 is 36.6 Å². The number of methoxy groups -OCH3 is 1. The molecule has 4 aromatic carbocycles. The number of nitrogens with one attached hydrogen (secondary N) is 3. The summed E-state index contributed by atoms with van der Waals surface area (Å²) in [6.07, 6.45) is 12.8. The Morgan fingerprint density at radius 1 is 0.808 bits per heavy atom. The van der Waals surface area contributed by atoms with Crippen molar-refractivity contribution in [3.63, 3.8) is 0 Å². The molecule has 4 fully saturated rings. The van der Waals surface area contributed by atoms with E-state index in [1.54, 1.807) is 67.1 Å². The number of rotatable bonds is 14. The van der Waals surface area contributed by atoms with E-state index in [0.717, 1.165) is 99.3 Å². The van der Waals surface area contributed by atoms with E-state index in [-0.39, 0.29) is 23.8 Å². The van der Waals surface area contributed by atoms with Gasteiger partial charge in [0.15, 0.2) is 0 Å². The molecule has 7 aromatic rings. The maximum atomic E-state index is 14.8. The largest absolute Gasteiger partial charge is 0.494 e. The predicted molar refractivity (Wildman–Crippen MR) is 309 cm³/mol. The molecule has 17 nitrogen and oxygen atoms in total. The third kappa shape index (κ3) is 11.0. The molecule has 1 unspecified atom stereocenters. The van der Waals surface area contributed by atoms with Gasteiger partial charge in [-0.25, -0.2) is 14.2 Å². The minimum Gasteiger partial charge on any atom is -0.494 e. The Kier molecular flexibility index (Phi) is 15.2. The summed E-state index contributed by atoms with van der Waals surface area (Å²) in [6, 6.07) is 22.3. The van der Waals surface area contributed by atoms with Crippen LogP contribution >= 0.6 is 23.1 Å². The second-order valence-electron chi connectivity index (χ2n) is 21.9. The minimum atomic E-state index is -2.84. The standard InChI is InChI=1S/C58H67BrFN12O5P/c1-67-35-40(32-62-67)43-30-47(64-57-61-33-44(59)55(66-57)63-46-12-10-39(29-53(46)78(4,5)76)42-8-6-7-9-45(42)60)52(77-3)31-50(43)71-26-20-41(21-27-71)70-24-16-36(17-25-70)34-69-22-18-37(19-23-69)38-11-13-48-51(28-38)68(2)58(75)72(48)49-14-15-54(73)65-56(49)74/h6-13,28-33,35-37,41,49H,14-27,34H2,1-5H3,(H,65,73,74)(H2,61,63,64,66). The number of hydrogen-bond donors (Lipinski definition) is 3. The molecule has 0 spiro atoms. The monoisotopic (exact) mass is 1140 g/mol. The Bertz CT molecular complexity index is 3520. The second kappa shape index (κ2) is 22.2. The van der Waals surface area contributed by atoms with Crippen LogP contribution in [0.15, 0.2) is 101 Å². The topological polar surface area (TPSA) is 177 Å². The first-order chi connectivity index (χ1) is 37.6. The maximum absolute atomic E-state index is 14.8. The van der Waals surface area contributed by atoms with Crippen molar-refractivity contribution in [2.45, 2.75) is 69.4 Å². The van der Waals surface area contributed by atoms with Crippen LogP contribution in [0, 0.1) is 11.7 Å². The first kappa shape index (κ1) is 53.3. The summed E-state index contributed by atoms with van der Waals surface area (Å²) >= 11 is 3.61. The zero-order valence-corrected chi connectivity index (χ0v) is 47.3. The van der Waals surface area contributed by atoms with Gasteiger partial charge in [-0.2, -0.15) is 10.1 Å². The minimum absolute atomic E-state index is 0.224. The molecule has 0 aliphatic carbocycles.